The number of rotatable bonds is 3. The van der Waals surface area contributed by atoms with Crippen molar-refractivity contribution in [3.8, 4) is 34.1 Å². The number of aryl methyl sites for hydroxylation is 1. The van der Waals surface area contributed by atoms with Crippen LogP contribution in [0.25, 0.3) is 28.1 Å². The maximum atomic E-state index is 9.97. The van der Waals surface area contributed by atoms with Gasteiger partial charge in [0.05, 0.1) is 5.69 Å². The Morgan fingerprint density at radius 1 is 0.731 bits per heavy atom. The molecule has 3 aromatic carbocycles. The van der Waals surface area contributed by atoms with E-state index < -0.39 is 0 Å². The zero-order chi connectivity index (χ0) is 17.9. The summed E-state index contributed by atoms with van der Waals surface area (Å²) in [5.41, 5.74) is 6.95. The fourth-order valence-electron chi connectivity index (χ4n) is 3.24. The van der Waals surface area contributed by atoms with Crippen LogP contribution in [0.3, 0.4) is 0 Å². The van der Waals surface area contributed by atoms with Crippen molar-refractivity contribution in [2.75, 3.05) is 0 Å². The van der Waals surface area contributed by atoms with Gasteiger partial charge in [-0.2, -0.15) is 5.26 Å². The van der Waals surface area contributed by atoms with Gasteiger partial charge in [-0.05, 0) is 36.2 Å². The third-order valence-electron chi connectivity index (χ3n) is 4.55. The SMILES string of the molecule is Cc1ccc(-n2c(-c3ccccc3)cc(-c3ccccc3)c2C#N)cc1. The van der Waals surface area contributed by atoms with Gasteiger partial charge in [-0.1, -0.05) is 78.4 Å². The summed E-state index contributed by atoms with van der Waals surface area (Å²) < 4.78 is 2.05. The Bertz CT molecular complexity index is 1070. The van der Waals surface area contributed by atoms with Crippen molar-refractivity contribution in [1.29, 1.82) is 5.26 Å². The van der Waals surface area contributed by atoms with Gasteiger partial charge >= 0.3 is 0 Å². The summed E-state index contributed by atoms with van der Waals surface area (Å²) in [6.45, 7) is 2.07. The number of hydrogen-bond donors (Lipinski definition) is 0. The molecule has 0 aliphatic carbocycles. The Hall–Kier alpha value is -3.57. The second kappa shape index (κ2) is 6.74. The molecule has 0 N–H and O–H groups in total. The van der Waals surface area contributed by atoms with E-state index in [1.54, 1.807) is 0 Å². The molecule has 124 valence electrons. The molecule has 2 nitrogen and oxygen atoms in total. The first-order chi connectivity index (χ1) is 12.8. The van der Waals surface area contributed by atoms with Gasteiger partial charge in [-0.3, -0.25) is 0 Å². The van der Waals surface area contributed by atoms with Gasteiger partial charge in [-0.25, -0.2) is 0 Å². The van der Waals surface area contributed by atoms with Crippen molar-refractivity contribution in [2.45, 2.75) is 6.92 Å². The first-order valence-corrected chi connectivity index (χ1v) is 8.61. The van der Waals surface area contributed by atoms with Crippen LogP contribution >= 0.6 is 0 Å². The molecule has 0 atom stereocenters. The van der Waals surface area contributed by atoms with Crippen LogP contribution in [-0.4, -0.2) is 4.57 Å². The second-order valence-electron chi connectivity index (χ2n) is 6.31. The van der Waals surface area contributed by atoms with E-state index in [9.17, 15) is 5.26 Å². The zero-order valence-corrected chi connectivity index (χ0v) is 14.6. The number of benzene rings is 3. The topological polar surface area (TPSA) is 28.7 Å². The Morgan fingerprint density at radius 3 is 1.88 bits per heavy atom. The molecule has 0 radical (unpaired) electrons. The van der Waals surface area contributed by atoms with Crippen LogP contribution in [0.15, 0.2) is 91.0 Å². The summed E-state index contributed by atoms with van der Waals surface area (Å²) in [6.07, 6.45) is 0. The molecule has 0 saturated heterocycles. The molecular formula is C24H18N2. The lowest BCUT2D eigenvalue weighted by Crippen LogP contribution is -2.00. The van der Waals surface area contributed by atoms with E-state index in [0.717, 1.165) is 28.1 Å². The Kier molecular flexibility index (Phi) is 4.13. The van der Waals surface area contributed by atoms with Gasteiger partial charge in [-0.15, -0.1) is 0 Å². The molecule has 0 aliphatic heterocycles. The summed E-state index contributed by atoms with van der Waals surface area (Å²) in [4.78, 5) is 0. The Labute approximate surface area is 153 Å². The average Bonchev–Trinajstić information content (AvgIpc) is 3.09. The van der Waals surface area contributed by atoms with Gasteiger partial charge in [0.15, 0.2) is 0 Å². The summed E-state index contributed by atoms with van der Waals surface area (Å²) in [6, 6.07) is 33.1. The van der Waals surface area contributed by atoms with Crippen LogP contribution in [0.2, 0.25) is 0 Å². The van der Waals surface area contributed by atoms with Crippen LogP contribution in [-0.2, 0) is 0 Å². The molecule has 0 spiro atoms. The minimum atomic E-state index is 0.652. The molecule has 26 heavy (non-hydrogen) atoms. The molecule has 0 bridgehead atoms. The Morgan fingerprint density at radius 2 is 1.31 bits per heavy atom. The van der Waals surface area contributed by atoms with Crippen molar-refractivity contribution in [3.05, 3.63) is 102 Å². The molecule has 0 fully saturated rings. The molecule has 0 saturated carbocycles. The average molecular weight is 334 g/mol. The van der Waals surface area contributed by atoms with Crippen LogP contribution < -0.4 is 0 Å². The zero-order valence-electron chi connectivity index (χ0n) is 14.6. The molecule has 2 heteroatoms. The van der Waals surface area contributed by atoms with Crippen molar-refractivity contribution < 1.29 is 0 Å². The van der Waals surface area contributed by atoms with Crippen LogP contribution in [0.1, 0.15) is 11.3 Å². The maximum Gasteiger partial charge on any atom is 0.133 e. The van der Waals surface area contributed by atoms with E-state index in [4.69, 9.17) is 0 Å². The lowest BCUT2D eigenvalue weighted by Gasteiger charge is -2.11. The molecule has 1 heterocycles. The van der Waals surface area contributed by atoms with Crippen molar-refractivity contribution in [3.63, 3.8) is 0 Å². The van der Waals surface area contributed by atoms with Crippen LogP contribution in [0, 0.1) is 18.3 Å². The van der Waals surface area contributed by atoms with Gasteiger partial charge in [0, 0.05) is 11.3 Å². The first-order valence-electron chi connectivity index (χ1n) is 8.61. The molecule has 4 aromatic rings. The number of hydrogen-bond acceptors (Lipinski definition) is 1. The molecule has 0 aliphatic rings. The fraction of sp³-hybridized carbons (Fsp3) is 0.0417. The van der Waals surface area contributed by atoms with Crippen molar-refractivity contribution in [1.82, 2.24) is 4.57 Å². The molecule has 0 amide bonds. The van der Waals surface area contributed by atoms with E-state index in [1.165, 1.54) is 5.56 Å². The smallest absolute Gasteiger partial charge is 0.133 e. The highest BCUT2D eigenvalue weighted by Crippen LogP contribution is 2.35. The van der Waals surface area contributed by atoms with Crippen LogP contribution in [0.5, 0.6) is 0 Å². The van der Waals surface area contributed by atoms with E-state index in [-0.39, 0.29) is 0 Å². The van der Waals surface area contributed by atoms with Crippen LogP contribution in [0.4, 0.5) is 0 Å². The monoisotopic (exact) mass is 334 g/mol. The fourth-order valence-corrected chi connectivity index (χ4v) is 3.24. The quantitative estimate of drug-likeness (QED) is 0.452. The van der Waals surface area contributed by atoms with E-state index in [0.29, 0.717) is 5.69 Å². The molecule has 4 rings (SSSR count). The summed E-state index contributed by atoms with van der Waals surface area (Å²) >= 11 is 0. The number of nitrogens with zero attached hydrogens (tertiary/aromatic N) is 2. The second-order valence-corrected chi connectivity index (χ2v) is 6.31. The highest BCUT2D eigenvalue weighted by Gasteiger charge is 2.18. The third-order valence-corrected chi connectivity index (χ3v) is 4.55. The summed E-state index contributed by atoms with van der Waals surface area (Å²) in [5.74, 6) is 0. The van der Waals surface area contributed by atoms with E-state index in [2.05, 4.69) is 60.0 Å². The molecule has 1 aromatic heterocycles. The maximum absolute atomic E-state index is 9.97. The number of nitriles is 1. The largest absolute Gasteiger partial charge is 0.300 e. The highest BCUT2D eigenvalue weighted by molar-refractivity contribution is 5.79. The standard InChI is InChI=1S/C24H18N2/c1-18-12-14-21(15-13-18)26-23(20-10-6-3-7-11-20)16-22(24(26)17-25)19-8-4-2-5-9-19/h2-16H,1H3. The minimum Gasteiger partial charge on any atom is -0.300 e. The molecule has 0 unspecified atom stereocenters. The van der Waals surface area contributed by atoms with Gasteiger partial charge in [0.2, 0.25) is 0 Å². The predicted octanol–water partition coefficient (Wildman–Crippen LogP) is 5.99. The number of aromatic nitrogens is 1. The van der Waals surface area contributed by atoms with Gasteiger partial charge in [0.25, 0.3) is 0 Å². The third kappa shape index (κ3) is 2.81. The lowest BCUT2D eigenvalue weighted by atomic mass is 10.1. The minimum absolute atomic E-state index is 0.652. The summed E-state index contributed by atoms with van der Waals surface area (Å²) in [5, 5.41) is 9.97. The van der Waals surface area contributed by atoms with E-state index >= 15 is 0 Å². The highest BCUT2D eigenvalue weighted by atomic mass is 15.0. The van der Waals surface area contributed by atoms with E-state index in [1.807, 2.05) is 48.5 Å². The Balaban J connectivity index is 2.03. The predicted molar refractivity (Wildman–Crippen MR) is 106 cm³/mol. The van der Waals surface area contributed by atoms with Gasteiger partial charge < -0.3 is 4.57 Å². The van der Waals surface area contributed by atoms with Crippen molar-refractivity contribution in [2.24, 2.45) is 0 Å². The normalized spacial score (nSPS) is 10.5. The van der Waals surface area contributed by atoms with Gasteiger partial charge in [0.1, 0.15) is 11.8 Å². The summed E-state index contributed by atoms with van der Waals surface area (Å²) in [7, 11) is 0. The first kappa shape index (κ1) is 15.9. The van der Waals surface area contributed by atoms with Crippen molar-refractivity contribution >= 4 is 0 Å². The lowest BCUT2D eigenvalue weighted by molar-refractivity contribution is 1.06. The molecular weight excluding hydrogens is 316 g/mol.